The van der Waals surface area contributed by atoms with Crippen LogP contribution in [0.2, 0.25) is 5.02 Å². The van der Waals surface area contributed by atoms with Crippen LogP contribution in [0.4, 0.5) is 5.69 Å². The molecule has 0 aliphatic carbocycles. The van der Waals surface area contributed by atoms with Crippen LogP contribution in [0, 0.1) is 0 Å². The summed E-state index contributed by atoms with van der Waals surface area (Å²) in [5, 5.41) is 2.74. The number of amides is 1. The van der Waals surface area contributed by atoms with Gasteiger partial charge in [0.05, 0.1) is 11.1 Å². The number of rotatable bonds is 4. The van der Waals surface area contributed by atoms with Crippen molar-refractivity contribution in [3.8, 4) is 0 Å². The maximum Gasteiger partial charge on any atom is 0.242 e. The molecule has 0 aliphatic rings. The molecule has 1 unspecified atom stereocenters. The average Bonchev–Trinajstić information content (AvgIpc) is 2.29. The Balaban J connectivity index is 2.95. The highest BCUT2D eigenvalue weighted by Gasteiger charge is 2.26. The number of anilines is 1. The number of benzene rings is 1. The molecule has 21 heavy (non-hydrogen) atoms. The van der Waals surface area contributed by atoms with E-state index < -0.39 is 27.5 Å². The molecule has 1 rings (SSSR count). The highest BCUT2D eigenvalue weighted by atomic mass is 35.5. The summed E-state index contributed by atoms with van der Waals surface area (Å²) in [5.41, 5.74) is 5.39. The van der Waals surface area contributed by atoms with Gasteiger partial charge in [0.1, 0.15) is 4.90 Å². The Morgan fingerprint density at radius 3 is 2.43 bits per heavy atom. The minimum Gasteiger partial charge on any atom is -0.399 e. The predicted octanol–water partition coefficient (Wildman–Crippen LogP) is 1.50. The summed E-state index contributed by atoms with van der Waals surface area (Å²) in [6.45, 7) is 6.88. The van der Waals surface area contributed by atoms with Gasteiger partial charge in [-0.2, -0.15) is 4.72 Å². The number of halogens is 1. The first kappa shape index (κ1) is 17.7. The number of nitrogens with two attached hydrogens (primary N) is 1. The van der Waals surface area contributed by atoms with Crippen molar-refractivity contribution in [2.45, 2.75) is 44.2 Å². The lowest BCUT2D eigenvalue weighted by atomic mass is 10.1. The van der Waals surface area contributed by atoms with Crippen molar-refractivity contribution in [1.82, 2.24) is 10.0 Å². The molecule has 0 saturated heterocycles. The Bertz CT molecular complexity index is 639. The van der Waals surface area contributed by atoms with Crippen molar-refractivity contribution in [3.05, 3.63) is 23.2 Å². The van der Waals surface area contributed by atoms with E-state index in [0.29, 0.717) is 0 Å². The van der Waals surface area contributed by atoms with Gasteiger partial charge in [-0.15, -0.1) is 0 Å². The molecular weight excluding hydrogens is 314 g/mol. The van der Waals surface area contributed by atoms with Gasteiger partial charge in [-0.25, -0.2) is 8.42 Å². The smallest absolute Gasteiger partial charge is 0.242 e. The Morgan fingerprint density at radius 2 is 1.90 bits per heavy atom. The van der Waals surface area contributed by atoms with Crippen LogP contribution in [0.5, 0.6) is 0 Å². The normalized spacial score (nSPS) is 13.8. The summed E-state index contributed by atoms with van der Waals surface area (Å²) < 4.78 is 26.8. The van der Waals surface area contributed by atoms with Crippen LogP contribution in [0.25, 0.3) is 0 Å². The summed E-state index contributed by atoms with van der Waals surface area (Å²) in [6.07, 6.45) is 0. The molecule has 0 aromatic heterocycles. The zero-order valence-corrected chi connectivity index (χ0v) is 14.0. The number of carbonyl (C=O) groups is 1. The fourth-order valence-corrected chi connectivity index (χ4v) is 3.29. The summed E-state index contributed by atoms with van der Waals surface area (Å²) in [6, 6.07) is 3.20. The third-order valence-electron chi connectivity index (χ3n) is 2.47. The zero-order chi connectivity index (χ0) is 16.4. The van der Waals surface area contributed by atoms with Crippen LogP contribution in [0.3, 0.4) is 0 Å². The van der Waals surface area contributed by atoms with E-state index in [1.807, 2.05) is 0 Å². The summed E-state index contributed by atoms with van der Waals surface area (Å²) in [7, 11) is -3.94. The summed E-state index contributed by atoms with van der Waals surface area (Å²) >= 11 is 5.87. The Kier molecular flexibility index (Phi) is 5.25. The van der Waals surface area contributed by atoms with Crippen LogP contribution in [-0.2, 0) is 14.8 Å². The Hall–Kier alpha value is -1.31. The van der Waals surface area contributed by atoms with Crippen molar-refractivity contribution in [2.24, 2.45) is 0 Å². The van der Waals surface area contributed by atoms with Gasteiger partial charge in [0.25, 0.3) is 0 Å². The van der Waals surface area contributed by atoms with Gasteiger partial charge in [0.2, 0.25) is 15.9 Å². The van der Waals surface area contributed by atoms with Crippen molar-refractivity contribution in [2.75, 3.05) is 5.73 Å². The maximum atomic E-state index is 12.3. The van der Waals surface area contributed by atoms with E-state index >= 15 is 0 Å². The predicted molar refractivity (Wildman–Crippen MR) is 83.5 cm³/mol. The number of hydrogen-bond donors (Lipinski definition) is 3. The van der Waals surface area contributed by atoms with Gasteiger partial charge in [0, 0.05) is 11.2 Å². The van der Waals surface area contributed by atoms with Crippen molar-refractivity contribution in [1.29, 1.82) is 0 Å². The van der Waals surface area contributed by atoms with E-state index in [0.717, 1.165) is 0 Å². The van der Waals surface area contributed by atoms with E-state index in [2.05, 4.69) is 10.0 Å². The molecule has 1 atom stereocenters. The second kappa shape index (κ2) is 6.21. The van der Waals surface area contributed by atoms with E-state index in [9.17, 15) is 13.2 Å². The molecule has 0 heterocycles. The molecule has 0 spiro atoms. The lowest BCUT2D eigenvalue weighted by Gasteiger charge is -2.23. The number of nitrogen functional groups attached to an aromatic ring is 1. The lowest BCUT2D eigenvalue weighted by molar-refractivity contribution is -0.123. The Morgan fingerprint density at radius 1 is 1.33 bits per heavy atom. The van der Waals surface area contributed by atoms with Crippen molar-refractivity contribution in [3.63, 3.8) is 0 Å². The molecule has 0 aliphatic heterocycles. The molecule has 0 bridgehead atoms. The number of carbonyl (C=O) groups excluding carboxylic acids is 1. The zero-order valence-electron chi connectivity index (χ0n) is 12.4. The molecule has 8 heteroatoms. The van der Waals surface area contributed by atoms with Crippen LogP contribution in [0.1, 0.15) is 27.7 Å². The molecule has 1 aromatic rings. The van der Waals surface area contributed by atoms with E-state index in [1.54, 1.807) is 20.8 Å². The summed E-state index contributed by atoms with van der Waals surface area (Å²) in [5.74, 6) is -0.425. The largest absolute Gasteiger partial charge is 0.399 e. The van der Waals surface area contributed by atoms with Gasteiger partial charge < -0.3 is 11.1 Å². The molecule has 4 N–H and O–H groups in total. The van der Waals surface area contributed by atoms with E-state index in [-0.39, 0.29) is 15.6 Å². The van der Waals surface area contributed by atoms with E-state index in [4.69, 9.17) is 17.3 Å². The fraction of sp³-hybridized carbons (Fsp3) is 0.462. The second-order valence-electron chi connectivity index (χ2n) is 5.77. The average molecular weight is 334 g/mol. The molecule has 0 radical (unpaired) electrons. The highest BCUT2D eigenvalue weighted by molar-refractivity contribution is 7.89. The molecule has 1 aromatic carbocycles. The van der Waals surface area contributed by atoms with Crippen LogP contribution < -0.4 is 15.8 Å². The van der Waals surface area contributed by atoms with Crippen LogP contribution in [-0.4, -0.2) is 25.9 Å². The first-order chi connectivity index (χ1) is 9.42. The van der Waals surface area contributed by atoms with Crippen LogP contribution >= 0.6 is 11.6 Å². The molecule has 0 saturated carbocycles. The molecule has 0 fully saturated rings. The number of hydrogen-bond acceptors (Lipinski definition) is 4. The van der Waals surface area contributed by atoms with Gasteiger partial charge in [-0.05, 0) is 45.9 Å². The van der Waals surface area contributed by atoms with Crippen molar-refractivity contribution < 1.29 is 13.2 Å². The third-order valence-corrected chi connectivity index (χ3v) is 4.49. The van der Waals surface area contributed by atoms with Gasteiger partial charge in [-0.1, -0.05) is 11.6 Å². The maximum absolute atomic E-state index is 12.3. The van der Waals surface area contributed by atoms with E-state index in [1.165, 1.54) is 25.1 Å². The minimum absolute atomic E-state index is 0.0418. The minimum atomic E-state index is -3.94. The topological polar surface area (TPSA) is 101 Å². The Labute approximate surface area is 130 Å². The SMILES string of the molecule is CC(NS(=O)(=O)c1cc(N)ccc1Cl)C(=O)NC(C)(C)C. The standard InChI is InChI=1S/C13H20ClN3O3S/c1-8(12(18)16-13(2,3)4)17-21(19,20)11-7-9(15)5-6-10(11)14/h5-8,17H,15H2,1-4H3,(H,16,18). The quantitative estimate of drug-likeness (QED) is 0.727. The van der Waals surface area contributed by atoms with Crippen molar-refractivity contribution >= 4 is 33.2 Å². The third kappa shape index (κ3) is 5.18. The van der Waals surface area contributed by atoms with Gasteiger partial charge in [0.15, 0.2) is 0 Å². The molecular formula is C13H20ClN3O3S. The first-order valence-corrected chi connectivity index (χ1v) is 8.18. The molecule has 118 valence electrons. The lowest BCUT2D eigenvalue weighted by Crippen LogP contribution is -2.50. The number of sulfonamides is 1. The fourth-order valence-electron chi connectivity index (χ4n) is 1.55. The van der Waals surface area contributed by atoms with Gasteiger partial charge in [-0.3, -0.25) is 4.79 Å². The number of nitrogens with one attached hydrogen (secondary N) is 2. The monoisotopic (exact) mass is 333 g/mol. The summed E-state index contributed by atoms with van der Waals surface area (Å²) in [4.78, 5) is 11.8. The molecule has 1 amide bonds. The van der Waals surface area contributed by atoms with Crippen LogP contribution in [0.15, 0.2) is 23.1 Å². The highest BCUT2D eigenvalue weighted by Crippen LogP contribution is 2.23. The van der Waals surface area contributed by atoms with Gasteiger partial charge >= 0.3 is 0 Å². The second-order valence-corrected chi connectivity index (χ2v) is 7.86. The first-order valence-electron chi connectivity index (χ1n) is 6.32. The molecule has 6 nitrogen and oxygen atoms in total.